The Labute approximate surface area is 201 Å². The average molecular weight is 456 g/mol. The van der Waals surface area contributed by atoms with Gasteiger partial charge in [-0.1, -0.05) is 48.0 Å². The zero-order valence-electron chi connectivity index (χ0n) is 20.5. The van der Waals surface area contributed by atoms with Gasteiger partial charge in [0.1, 0.15) is 11.6 Å². The molecule has 0 bridgehead atoms. The summed E-state index contributed by atoms with van der Waals surface area (Å²) in [4.78, 5) is 17.7. The van der Waals surface area contributed by atoms with Gasteiger partial charge in [0.2, 0.25) is 0 Å². The number of unbranched alkanes of at least 4 members (excludes halogenated alkanes) is 1. The number of rotatable bonds is 9. The molecule has 0 aliphatic carbocycles. The number of imidazole rings is 1. The first-order valence-electron chi connectivity index (χ1n) is 12.0. The summed E-state index contributed by atoms with van der Waals surface area (Å²) < 4.78 is 8.31. The molecule has 1 N–H and O–H groups in total. The SMILES string of the molecule is Cc1cccc(C(=O)NC(C)c2nc3ccccc3n2CCCCOc2c(C)cccc2C)c1. The fourth-order valence-corrected chi connectivity index (χ4v) is 4.36. The highest BCUT2D eigenvalue weighted by Gasteiger charge is 2.19. The maximum Gasteiger partial charge on any atom is 0.251 e. The second kappa shape index (κ2) is 10.6. The molecular weight excluding hydrogens is 422 g/mol. The zero-order valence-corrected chi connectivity index (χ0v) is 20.5. The molecule has 0 radical (unpaired) electrons. The molecule has 176 valence electrons. The normalized spacial score (nSPS) is 12.0. The summed E-state index contributed by atoms with van der Waals surface area (Å²) in [7, 11) is 0. The van der Waals surface area contributed by atoms with Gasteiger partial charge in [-0.15, -0.1) is 0 Å². The monoisotopic (exact) mass is 455 g/mol. The summed E-state index contributed by atoms with van der Waals surface area (Å²) >= 11 is 0. The van der Waals surface area contributed by atoms with Gasteiger partial charge in [0, 0.05) is 12.1 Å². The number of aromatic nitrogens is 2. The standard InChI is InChI=1S/C29H33N3O2/c1-20-11-9-14-24(19-20)29(33)30-23(4)28-31-25-15-5-6-16-26(25)32(28)17-7-8-18-34-27-21(2)12-10-13-22(27)3/h5-6,9-16,19,23H,7-8,17-18H2,1-4H3,(H,30,33). The smallest absolute Gasteiger partial charge is 0.251 e. The molecule has 0 aliphatic heterocycles. The van der Waals surface area contributed by atoms with Crippen molar-refractivity contribution in [3.63, 3.8) is 0 Å². The van der Waals surface area contributed by atoms with Crippen LogP contribution in [0.1, 0.15) is 58.7 Å². The summed E-state index contributed by atoms with van der Waals surface area (Å²) in [5, 5.41) is 3.13. The quantitative estimate of drug-likeness (QED) is 0.301. The van der Waals surface area contributed by atoms with E-state index in [1.165, 1.54) is 11.1 Å². The Morgan fingerprint density at radius 2 is 1.71 bits per heavy atom. The summed E-state index contributed by atoms with van der Waals surface area (Å²) in [6.45, 7) is 9.64. The summed E-state index contributed by atoms with van der Waals surface area (Å²) in [5.74, 6) is 1.78. The Balaban J connectivity index is 1.44. The third-order valence-corrected chi connectivity index (χ3v) is 6.13. The Morgan fingerprint density at radius 1 is 0.971 bits per heavy atom. The van der Waals surface area contributed by atoms with Gasteiger partial charge >= 0.3 is 0 Å². The minimum absolute atomic E-state index is 0.0863. The van der Waals surface area contributed by atoms with Crippen molar-refractivity contribution >= 4 is 16.9 Å². The fourth-order valence-electron chi connectivity index (χ4n) is 4.36. The van der Waals surface area contributed by atoms with Crippen LogP contribution in [-0.4, -0.2) is 22.1 Å². The first-order chi connectivity index (χ1) is 16.4. The van der Waals surface area contributed by atoms with Gasteiger partial charge in [-0.25, -0.2) is 4.98 Å². The first kappa shape index (κ1) is 23.6. The third-order valence-electron chi connectivity index (χ3n) is 6.13. The largest absolute Gasteiger partial charge is 0.493 e. The van der Waals surface area contributed by atoms with Gasteiger partial charge in [0.25, 0.3) is 5.91 Å². The number of carbonyl (C=O) groups is 1. The van der Waals surface area contributed by atoms with Gasteiger partial charge in [0.05, 0.1) is 23.7 Å². The molecule has 5 nitrogen and oxygen atoms in total. The number of amides is 1. The maximum atomic E-state index is 12.8. The second-order valence-electron chi connectivity index (χ2n) is 8.95. The number of para-hydroxylation sites is 3. The molecule has 34 heavy (non-hydrogen) atoms. The lowest BCUT2D eigenvalue weighted by atomic mass is 10.1. The van der Waals surface area contributed by atoms with Gasteiger partial charge in [0.15, 0.2) is 0 Å². The van der Waals surface area contributed by atoms with Crippen molar-refractivity contribution < 1.29 is 9.53 Å². The number of hydrogen-bond donors (Lipinski definition) is 1. The van der Waals surface area contributed by atoms with Gasteiger partial charge in [-0.3, -0.25) is 4.79 Å². The molecule has 0 aliphatic rings. The molecule has 1 atom stereocenters. The average Bonchev–Trinajstić information content (AvgIpc) is 3.19. The molecule has 0 saturated carbocycles. The summed E-state index contributed by atoms with van der Waals surface area (Å²) in [5.41, 5.74) is 6.10. The highest BCUT2D eigenvalue weighted by molar-refractivity contribution is 5.94. The Hall–Kier alpha value is -3.60. The Morgan fingerprint density at radius 3 is 2.47 bits per heavy atom. The minimum Gasteiger partial charge on any atom is -0.493 e. The van der Waals surface area contributed by atoms with Crippen LogP contribution in [0.15, 0.2) is 66.7 Å². The molecule has 4 rings (SSSR count). The maximum absolute atomic E-state index is 12.8. The van der Waals surface area contributed by atoms with Gasteiger partial charge in [-0.2, -0.15) is 0 Å². The van der Waals surface area contributed by atoms with E-state index < -0.39 is 0 Å². The molecule has 0 spiro atoms. The van der Waals surface area contributed by atoms with Crippen LogP contribution < -0.4 is 10.1 Å². The van der Waals surface area contributed by atoms with Crippen LogP contribution in [-0.2, 0) is 6.54 Å². The fraction of sp³-hybridized carbons (Fsp3) is 0.310. The van der Waals surface area contributed by atoms with Crippen molar-refractivity contribution in [1.29, 1.82) is 0 Å². The predicted octanol–water partition coefficient (Wildman–Crippen LogP) is 6.31. The number of hydrogen-bond acceptors (Lipinski definition) is 3. The molecule has 5 heteroatoms. The summed E-state index contributed by atoms with van der Waals surface area (Å²) in [6.07, 6.45) is 1.89. The molecule has 1 heterocycles. The van der Waals surface area contributed by atoms with E-state index in [1.807, 2.05) is 56.3 Å². The number of aryl methyl sites for hydroxylation is 4. The molecule has 1 unspecified atom stereocenters. The van der Waals surface area contributed by atoms with E-state index in [9.17, 15) is 4.79 Å². The lowest BCUT2D eigenvalue weighted by Crippen LogP contribution is -2.28. The Kier molecular flexibility index (Phi) is 7.31. The minimum atomic E-state index is -0.216. The van der Waals surface area contributed by atoms with Crippen molar-refractivity contribution in [2.75, 3.05) is 6.61 Å². The van der Waals surface area contributed by atoms with Crippen molar-refractivity contribution in [3.8, 4) is 5.75 Å². The number of fused-ring (bicyclic) bond motifs is 1. The van der Waals surface area contributed by atoms with Crippen LogP contribution in [0, 0.1) is 20.8 Å². The Bertz CT molecular complexity index is 1270. The predicted molar refractivity (Wildman–Crippen MR) is 137 cm³/mol. The molecule has 0 fully saturated rings. The molecule has 3 aromatic carbocycles. The van der Waals surface area contributed by atoms with E-state index in [0.717, 1.165) is 47.6 Å². The number of carbonyl (C=O) groups excluding carboxylic acids is 1. The number of nitrogens with one attached hydrogen (secondary N) is 1. The van der Waals surface area contributed by atoms with Crippen molar-refractivity contribution in [2.24, 2.45) is 0 Å². The second-order valence-corrected chi connectivity index (χ2v) is 8.95. The van der Waals surface area contributed by atoms with Crippen LogP contribution in [0.3, 0.4) is 0 Å². The summed E-state index contributed by atoms with van der Waals surface area (Å²) in [6, 6.07) is 21.8. The van der Waals surface area contributed by atoms with Crippen LogP contribution in [0.2, 0.25) is 0 Å². The first-order valence-corrected chi connectivity index (χ1v) is 12.0. The molecule has 4 aromatic rings. The van der Waals surface area contributed by atoms with Crippen molar-refractivity contribution in [3.05, 3.63) is 94.8 Å². The molecule has 1 aromatic heterocycles. The van der Waals surface area contributed by atoms with E-state index >= 15 is 0 Å². The van der Waals surface area contributed by atoms with Crippen LogP contribution in [0.4, 0.5) is 0 Å². The van der Waals surface area contributed by atoms with Gasteiger partial charge < -0.3 is 14.6 Å². The number of nitrogens with zero attached hydrogens (tertiary/aromatic N) is 2. The van der Waals surface area contributed by atoms with E-state index in [2.05, 4.69) is 48.0 Å². The van der Waals surface area contributed by atoms with E-state index in [0.29, 0.717) is 12.2 Å². The highest BCUT2D eigenvalue weighted by Crippen LogP contribution is 2.24. The van der Waals surface area contributed by atoms with Crippen LogP contribution in [0.5, 0.6) is 5.75 Å². The van der Waals surface area contributed by atoms with E-state index in [4.69, 9.17) is 9.72 Å². The number of benzene rings is 3. The van der Waals surface area contributed by atoms with Crippen molar-refractivity contribution in [2.45, 2.75) is 53.1 Å². The zero-order chi connectivity index (χ0) is 24.1. The van der Waals surface area contributed by atoms with Crippen LogP contribution in [0.25, 0.3) is 11.0 Å². The third kappa shape index (κ3) is 5.30. The molecular formula is C29H33N3O2. The highest BCUT2D eigenvalue weighted by atomic mass is 16.5. The lowest BCUT2D eigenvalue weighted by molar-refractivity contribution is 0.0937. The number of ether oxygens (including phenoxy) is 1. The van der Waals surface area contributed by atoms with Gasteiger partial charge in [-0.05, 0) is 75.9 Å². The topological polar surface area (TPSA) is 56.2 Å². The lowest BCUT2D eigenvalue weighted by Gasteiger charge is -2.17. The van der Waals surface area contributed by atoms with E-state index in [-0.39, 0.29) is 11.9 Å². The van der Waals surface area contributed by atoms with E-state index in [1.54, 1.807) is 0 Å². The molecule has 1 amide bonds. The van der Waals surface area contributed by atoms with Crippen molar-refractivity contribution in [1.82, 2.24) is 14.9 Å². The van der Waals surface area contributed by atoms with Crippen LogP contribution >= 0.6 is 0 Å². The molecule has 0 saturated heterocycles.